The molecule has 0 spiro atoms. The summed E-state index contributed by atoms with van der Waals surface area (Å²) in [5.74, 6) is -0.994. The molecule has 0 bridgehead atoms. The van der Waals surface area contributed by atoms with Gasteiger partial charge in [-0.3, -0.25) is 9.59 Å². The van der Waals surface area contributed by atoms with Gasteiger partial charge in [-0.2, -0.15) is 0 Å². The zero-order valence-electron chi connectivity index (χ0n) is 10.1. The highest BCUT2D eigenvalue weighted by molar-refractivity contribution is 6.32. The third kappa shape index (κ3) is 3.89. The molecule has 1 saturated carbocycles. The van der Waals surface area contributed by atoms with Gasteiger partial charge in [-0.25, -0.2) is 9.37 Å². The fourth-order valence-corrected chi connectivity index (χ4v) is 1.72. The Kier molecular flexibility index (Phi) is 4.31. The number of aromatic nitrogens is 1. The summed E-state index contributed by atoms with van der Waals surface area (Å²) in [4.78, 5) is 26.6. The first-order valence-electron chi connectivity index (χ1n) is 5.95. The molecule has 0 radical (unpaired) electrons. The maximum Gasteiger partial charge on any atom is 0.254 e. The van der Waals surface area contributed by atoms with Crippen LogP contribution in [0.2, 0.25) is 5.15 Å². The first kappa shape index (κ1) is 13.7. The van der Waals surface area contributed by atoms with Crippen LogP contribution >= 0.6 is 11.6 Å². The fraction of sp³-hybridized carbons (Fsp3) is 0.417. The summed E-state index contributed by atoms with van der Waals surface area (Å²) in [6, 6.07) is 1.02. The average Bonchev–Trinajstić information content (AvgIpc) is 3.21. The molecule has 1 heterocycles. The number of amides is 2. The monoisotopic (exact) mass is 285 g/mol. The van der Waals surface area contributed by atoms with Gasteiger partial charge in [0.05, 0.1) is 11.8 Å². The lowest BCUT2D eigenvalue weighted by Crippen LogP contribution is -2.35. The third-order valence-electron chi connectivity index (χ3n) is 2.71. The summed E-state index contributed by atoms with van der Waals surface area (Å²) < 4.78 is 12.9. The first-order chi connectivity index (χ1) is 9.08. The molecule has 0 aromatic carbocycles. The van der Waals surface area contributed by atoms with Crippen LogP contribution in [0.1, 0.15) is 23.2 Å². The molecule has 1 aromatic heterocycles. The Labute approximate surface area is 114 Å². The van der Waals surface area contributed by atoms with Crippen LogP contribution in [0.15, 0.2) is 12.3 Å². The number of hydrogen-bond acceptors (Lipinski definition) is 3. The van der Waals surface area contributed by atoms with E-state index in [1.165, 1.54) is 0 Å². The van der Waals surface area contributed by atoms with E-state index in [1.807, 2.05) is 0 Å². The molecule has 1 aromatic rings. The molecule has 0 unspecified atom stereocenters. The van der Waals surface area contributed by atoms with E-state index in [4.69, 9.17) is 11.6 Å². The minimum absolute atomic E-state index is 0.0136. The minimum Gasteiger partial charge on any atom is -0.354 e. The predicted octanol–water partition coefficient (Wildman–Crippen LogP) is 1.13. The smallest absolute Gasteiger partial charge is 0.254 e. The highest BCUT2D eigenvalue weighted by Crippen LogP contribution is 2.28. The van der Waals surface area contributed by atoms with Crippen molar-refractivity contribution >= 4 is 23.4 Å². The van der Waals surface area contributed by atoms with Gasteiger partial charge in [0, 0.05) is 19.0 Å². The Morgan fingerprint density at radius 2 is 2.05 bits per heavy atom. The highest BCUT2D eigenvalue weighted by Gasteiger charge is 2.29. The number of carbonyl (C=O) groups is 2. The Morgan fingerprint density at radius 1 is 1.37 bits per heavy atom. The minimum atomic E-state index is -0.628. The maximum atomic E-state index is 12.9. The SMILES string of the molecule is O=C(NCCNC(=O)C1CC1)c1cc(F)cnc1Cl. The molecule has 2 N–H and O–H groups in total. The topological polar surface area (TPSA) is 71.1 Å². The van der Waals surface area contributed by atoms with Crippen LogP contribution < -0.4 is 10.6 Å². The van der Waals surface area contributed by atoms with Crippen LogP contribution in [-0.4, -0.2) is 29.9 Å². The zero-order chi connectivity index (χ0) is 13.8. The lowest BCUT2D eigenvalue weighted by atomic mass is 10.2. The van der Waals surface area contributed by atoms with Crippen LogP contribution in [0.5, 0.6) is 0 Å². The average molecular weight is 286 g/mol. The summed E-state index contributed by atoms with van der Waals surface area (Å²) in [5.41, 5.74) is -0.0183. The van der Waals surface area contributed by atoms with Gasteiger partial charge < -0.3 is 10.6 Å². The van der Waals surface area contributed by atoms with E-state index in [1.54, 1.807) is 0 Å². The largest absolute Gasteiger partial charge is 0.354 e. The first-order valence-corrected chi connectivity index (χ1v) is 6.32. The Hall–Kier alpha value is -1.69. The van der Waals surface area contributed by atoms with Gasteiger partial charge in [-0.15, -0.1) is 0 Å². The molecule has 2 amide bonds. The standard InChI is InChI=1S/C12H13ClFN3O2/c13-10-9(5-8(14)6-17-10)12(19)16-4-3-15-11(18)7-1-2-7/h5-7H,1-4H2,(H,15,18)(H,16,19). The van der Waals surface area contributed by atoms with E-state index in [9.17, 15) is 14.0 Å². The second kappa shape index (κ2) is 5.97. The molecule has 1 aliphatic rings. The molecule has 102 valence electrons. The molecule has 19 heavy (non-hydrogen) atoms. The number of hydrogen-bond donors (Lipinski definition) is 2. The zero-order valence-corrected chi connectivity index (χ0v) is 10.8. The van der Waals surface area contributed by atoms with Crippen LogP contribution in [0.25, 0.3) is 0 Å². The lowest BCUT2D eigenvalue weighted by Gasteiger charge is -2.07. The van der Waals surface area contributed by atoms with E-state index < -0.39 is 11.7 Å². The number of halogens is 2. The summed E-state index contributed by atoms with van der Waals surface area (Å²) in [7, 11) is 0. The van der Waals surface area contributed by atoms with Crippen molar-refractivity contribution in [3.8, 4) is 0 Å². The molecule has 0 aliphatic heterocycles. The highest BCUT2D eigenvalue weighted by atomic mass is 35.5. The van der Waals surface area contributed by atoms with Crippen molar-refractivity contribution < 1.29 is 14.0 Å². The van der Waals surface area contributed by atoms with Crippen molar-refractivity contribution in [2.75, 3.05) is 13.1 Å². The van der Waals surface area contributed by atoms with Crippen molar-refractivity contribution in [1.29, 1.82) is 0 Å². The predicted molar refractivity (Wildman–Crippen MR) is 67.3 cm³/mol. The van der Waals surface area contributed by atoms with Gasteiger partial charge in [0.15, 0.2) is 0 Å². The molecule has 0 atom stereocenters. The van der Waals surface area contributed by atoms with E-state index >= 15 is 0 Å². The van der Waals surface area contributed by atoms with E-state index in [0.717, 1.165) is 25.1 Å². The summed E-state index contributed by atoms with van der Waals surface area (Å²) in [5, 5.41) is 5.18. The molecule has 1 aliphatic carbocycles. The molecule has 5 nitrogen and oxygen atoms in total. The van der Waals surface area contributed by atoms with Gasteiger partial charge >= 0.3 is 0 Å². The van der Waals surface area contributed by atoms with Crippen molar-refractivity contribution in [2.45, 2.75) is 12.8 Å². The second-order valence-corrected chi connectivity index (χ2v) is 4.67. The van der Waals surface area contributed by atoms with Crippen LogP contribution in [-0.2, 0) is 4.79 Å². The third-order valence-corrected chi connectivity index (χ3v) is 3.01. The van der Waals surface area contributed by atoms with Crippen LogP contribution in [0.3, 0.4) is 0 Å². The fourth-order valence-electron chi connectivity index (χ4n) is 1.53. The molecular weight excluding hydrogens is 273 g/mol. The molecule has 7 heteroatoms. The number of rotatable bonds is 5. The normalized spacial score (nSPS) is 14.0. The van der Waals surface area contributed by atoms with E-state index in [2.05, 4.69) is 15.6 Å². The van der Waals surface area contributed by atoms with Gasteiger partial charge in [-0.1, -0.05) is 11.6 Å². The van der Waals surface area contributed by atoms with Crippen LogP contribution in [0.4, 0.5) is 4.39 Å². The van der Waals surface area contributed by atoms with Gasteiger partial charge in [0.1, 0.15) is 11.0 Å². The Balaban J connectivity index is 1.77. The van der Waals surface area contributed by atoms with Crippen molar-refractivity contribution in [3.05, 3.63) is 28.8 Å². The van der Waals surface area contributed by atoms with Crippen molar-refractivity contribution in [2.24, 2.45) is 5.92 Å². The van der Waals surface area contributed by atoms with Crippen molar-refractivity contribution in [3.63, 3.8) is 0 Å². The number of pyridine rings is 1. The van der Waals surface area contributed by atoms with Gasteiger partial charge in [-0.05, 0) is 18.9 Å². The molecular formula is C12H13ClFN3O2. The molecule has 2 rings (SSSR count). The van der Waals surface area contributed by atoms with Crippen LogP contribution in [0, 0.1) is 11.7 Å². The maximum absolute atomic E-state index is 12.9. The van der Waals surface area contributed by atoms with E-state index in [0.29, 0.717) is 6.54 Å². The Bertz CT molecular complexity index is 506. The molecule has 0 saturated heterocycles. The number of nitrogens with zero attached hydrogens (tertiary/aromatic N) is 1. The quantitative estimate of drug-likeness (QED) is 0.629. The van der Waals surface area contributed by atoms with Gasteiger partial charge in [0.25, 0.3) is 5.91 Å². The lowest BCUT2D eigenvalue weighted by molar-refractivity contribution is -0.122. The number of nitrogens with one attached hydrogen (secondary N) is 2. The van der Waals surface area contributed by atoms with Crippen molar-refractivity contribution in [1.82, 2.24) is 15.6 Å². The Morgan fingerprint density at radius 3 is 2.74 bits per heavy atom. The molecule has 1 fully saturated rings. The van der Waals surface area contributed by atoms with Gasteiger partial charge in [0.2, 0.25) is 5.91 Å². The second-order valence-electron chi connectivity index (χ2n) is 4.31. The summed E-state index contributed by atoms with van der Waals surface area (Å²) in [6.07, 6.45) is 2.81. The number of carbonyl (C=O) groups excluding carboxylic acids is 2. The summed E-state index contributed by atoms with van der Waals surface area (Å²) >= 11 is 5.70. The van der Waals surface area contributed by atoms with E-state index in [-0.39, 0.29) is 29.1 Å². The summed E-state index contributed by atoms with van der Waals surface area (Å²) in [6.45, 7) is 0.589.